The molecule has 0 fully saturated rings. The van der Waals surface area contributed by atoms with E-state index in [0.29, 0.717) is 6.42 Å². The number of hydrogen-bond acceptors (Lipinski definition) is 4. The monoisotopic (exact) mass is 278 g/mol. The van der Waals surface area contributed by atoms with Crippen molar-refractivity contribution >= 4 is 11.9 Å². The number of hydrogen-bond donors (Lipinski definition) is 0. The van der Waals surface area contributed by atoms with E-state index in [9.17, 15) is 9.59 Å². The number of carbonyl (C=O) groups is 2. The summed E-state index contributed by atoms with van der Waals surface area (Å²) in [6.07, 6.45) is 10.6. The number of carbonyl (C=O) groups excluding carboxylic acids is 2. The lowest BCUT2D eigenvalue weighted by Gasteiger charge is -2.16. The summed E-state index contributed by atoms with van der Waals surface area (Å²) >= 11 is 0. The van der Waals surface area contributed by atoms with Crippen LogP contribution in [0.3, 0.4) is 0 Å². The summed E-state index contributed by atoms with van der Waals surface area (Å²) in [5, 5.41) is 0. The van der Waals surface area contributed by atoms with E-state index < -0.39 is 18.0 Å². The largest absolute Gasteiger partial charge is 0.459 e. The van der Waals surface area contributed by atoms with Gasteiger partial charge in [-0.1, -0.05) is 50.8 Å². The third-order valence-corrected chi connectivity index (χ3v) is 2.31. The van der Waals surface area contributed by atoms with Gasteiger partial charge in [-0.15, -0.1) is 0 Å². The summed E-state index contributed by atoms with van der Waals surface area (Å²) in [7, 11) is 0. The van der Waals surface area contributed by atoms with E-state index in [-0.39, 0.29) is 6.61 Å². The highest BCUT2D eigenvalue weighted by molar-refractivity contribution is 5.83. The highest BCUT2D eigenvalue weighted by Gasteiger charge is 2.14. The van der Waals surface area contributed by atoms with Crippen LogP contribution in [0.15, 0.2) is 49.6 Å². The number of allylic oxidation sites excluding steroid dienone is 4. The number of ether oxygens (including phenoxy) is 2. The van der Waals surface area contributed by atoms with Crippen LogP contribution < -0.4 is 0 Å². The van der Waals surface area contributed by atoms with E-state index in [0.717, 1.165) is 12.8 Å². The molecule has 0 rings (SSSR count). The van der Waals surface area contributed by atoms with Crippen molar-refractivity contribution < 1.29 is 19.1 Å². The molecule has 0 bridgehead atoms. The SMILES string of the molecule is C=C/C=C/C(=O)OCC(CCCC)OC(=O)/C=C/C=C. The molecule has 0 spiro atoms. The highest BCUT2D eigenvalue weighted by atomic mass is 16.6. The lowest BCUT2D eigenvalue weighted by atomic mass is 10.2. The van der Waals surface area contributed by atoms with Crippen molar-refractivity contribution in [3.8, 4) is 0 Å². The second-order valence-electron chi connectivity index (χ2n) is 4.02. The van der Waals surface area contributed by atoms with Crippen LogP contribution in [0, 0.1) is 0 Å². The predicted octanol–water partition coefficient (Wildman–Crippen LogP) is 3.12. The quantitative estimate of drug-likeness (QED) is 0.350. The zero-order chi connectivity index (χ0) is 15.2. The van der Waals surface area contributed by atoms with Crippen molar-refractivity contribution in [2.45, 2.75) is 32.3 Å². The topological polar surface area (TPSA) is 52.6 Å². The second-order valence-corrected chi connectivity index (χ2v) is 4.02. The lowest BCUT2D eigenvalue weighted by molar-refractivity contribution is -0.153. The first-order chi connectivity index (χ1) is 9.63. The van der Waals surface area contributed by atoms with E-state index in [1.807, 2.05) is 6.92 Å². The maximum Gasteiger partial charge on any atom is 0.331 e. The van der Waals surface area contributed by atoms with Gasteiger partial charge in [0.2, 0.25) is 0 Å². The lowest BCUT2D eigenvalue weighted by Crippen LogP contribution is -2.24. The van der Waals surface area contributed by atoms with Gasteiger partial charge in [-0.3, -0.25) is 0 Å². The molecule has 4 nitrogen and oxygen atoms in total. The smallest absolute Gasteiger partial charge is 0.331 e. The zero-order valence-electron chi connectivity index (χ0n) is 11.9. The van der Waals surface area contributed by atoms with Crippen molar-refractivity contribution in [2.24, 2.45) is 0 Å². The number of esters is 2. The van der Waals surface area contributed by atoms with E-state index in [1.165, 1.54) is 36.5 Å². The molecule has 0 aromatic heterocycles. The molecule has 0 saturated carbocycles. The average Bonchev–Trinajstić information content (AvgIpc) is 2.45. The first kappa shape index (κ1) is 17.9. The Kier molecular flexibility index (Phi) is 10.7. The molecule has 0 aliphatic heterocycles. The molecule has 0 aromatic rings. The van der Waals surface area contributed by atoms with Crippen molar-refractivity contribution in [3.63, 3.8) is 0 Å². The first-order valence-corrected chi connectivity index (χ1v) is 6.59. The highest BCUT2D eigenvalue weighted by Crippen LogP contribution is 2.07. The minimum Gasteiger partial charge on any atom is -0.459 e. The Morgan fingerprint density at radius 1 is 1.10 bits per heavy atom. The summed E-state index contributed by atoms with van der Waals surface area (Å²) in [6, 6.07) is 0. The van der Waals surface area contributed by atoms with Gasteiger partial charge in [0.05, 0.1) is 0 Å². The van der Waals surface area contributed by atoms with Crippen LogP contribution in [0.1, 0.15) is 26.2 Å². The Bertz CT molecular complexity index is 380. The zero-order valence-corrected chi connectivity index (χ0v) is 11.9. The second kappa shape index (κ2) is 12.0. The van der Waals surface area contributed by atoms with Crippen LogP contribution in [0.2, 0.25) is 0 Å². The maximum absolute atomic E-state index is 11.5. The van der Waals surface area contributed by atoms with Crippen molar-refractivity contribution in [1.29, 1.82) is 0 Å². The molecule has 0 saturated heterocycles. The number of rotatable bonds is 10. The van der Waals surface area contributed by atoms with Crippen LogP contribution in [0.25, 0.3) is 0 Å². The van der Waals surface area contributed by atoms with E-state index in [2.05, 4.69) is 13.2 Å². The first-order valence-electron chi connectivity index (χ1n) is 6.59. The Balaban J connectivity index is 4.33. The molecular formula is C16H22O4. The molecular weight excluding hydrogens is 256 g/mol. The van der Waals surface area contributed by atoms with Crippen LogP contribution in [0.4, 0.5) is 0 Å². The van der Waals surface area contributed by atoms with Gasteiger partial charge in [-0.25, -0.2) is 9.59 Å². The van der Waals surface area contributed by atoms with Crippen LogP contribution in [-0.4, -0.2) is 24.6 Å². The molecule has 20 heavy (non-hydrogen) atoms. The van der Waals surface area contributed by atoms with Crippen molar-refractivity contribution in [1.82, 2.24) is 0 Å². The summed E-state index contributed by atoms with van der Waals surface area (Å²) in [5.74, 6) is -0.951. The van der Waals surface area contributed by atoms with Crippen molar-refractivity contribution in [2.75, 3.05) is 6.61 Å². The van der Waals surface area contributed by atoms with Crippen LogP contribution >= 0.6 is 0 Å². The Morgan fingerprint density at radius 3 is 2.25 bits per heavy atom. The fourth-order valence-electron chi connectivity index (χ4n) is 1.33. The van der Waals surface area contributed by atoms with Gasteiger partial charge in [-0.05, 0) is 12.8 Å². The normalized spacial score (nSPS) is 12.2. The molecule has 0 aromatic carbocycles. The molecule has 110 valence electrons. The molecule has 0 amide bonds. The Labute approximate surface area is 120 Å². The molecule has 0 aliphatic carbocycles. The van der Waals surface area contributed by atoms with E-state index in [4.69, 9.17) is 9.47 Å². The molecule has 0 N–H and O–H groups in total. The third kappa shape index (κ3) is 9.88. The van der Waals surface area contributed by atoms with Gasteiger partial charge in [-0.2, -0.15) is 0 Å². The molecule has 1 atom stereocenters. The van der Waals surface area contributed by atoms with Gasteiger partial charge < -0.3 is 9.47 Å². The van der Waals surface area contributed by atoms with E-state index in [1.54, 1.807) is 0 Å². The minimum atomic E-state index is -0.482. The Hall–Kier alpha value is -2.10. The van der Waals surface area contributed by atoms with Crippen LogP contribution in [0.5, 0.6) is 0 Å². The summed E-state index contributed by atoms with van der Waals surface area (Å²) in [4.78, 5) is 22.8. The fraction of sp³-hybridized carbons (Fsp3) is 0.375. The van der Waals surface area contributed by atoms with Gasteiger partial charge >= 0.3 is 11.9 Å². The van der Waals surface area contributed by atoms with Gasteiger partial charge in [0, 0.05) is 12.2 Å². The van der Waals surface area contributed by atoms with Gasteiger partial charge in [0.25, 0.3) is 0 Å². The summed E-state index contributed by atoms with van der Waals surface area (Å²) < 4.78 is 10.2. The third-order valence-electron chi connectivity index (χ3n) is 2.31. The van der Waals surface area contributed by atoms with Crippen molar-refractivity contribution in [3.05, 3.63) is 49.6 Å². The summed E-state index contributed by atoms with van der Waals surface area (Å²) in [6.45, 7) is 9.01. The predicted molar refractivity (Wildman–Crippen MR) is 79.0 cm³/mol. The average molecular weight is 278 g/mol. The molecule has 0 radical (unpaired) electrons. The van der Waals surface area contributed by atoms with Gasteiger partial charge in [0.15, 0.2) is 0 Å². The summed E-state index contributed by atoms with van der Waals surface area (Å²) in [5.41, 5.74) is 0. The van der Waals surface area contributed by atoms with Gasteiger partial charge in [0.1, 0.15) is 12.7 Å². The molecule has 1 unspecified atom stereocenters. The molecule has 0 aliphatic rings. The van der Waals surface area contributed by atoms with E-state index >= 15 is 0 Å². The molecule has 4 heteroatoms. The fourth-order valence-corrected chi connectivity index (χ4v) is 1.33. The standard InChI is InChI=1S/C16H22O4/c1-4-7-10-14(20-16(18)12-9-6-3)13-19-15(17)11-8-5-2/h5-6,8-9,11-12,14H,2-4,7,10,13H2,1H3/b11-8+,12-9+. The minimum absolute atomic E-state index is 0.0496. The number of unbranched alkanes of at least 4 members (excludes halogenated alkanes) is 1. The molecule has 0 heterocycles. The Morgan fingerprint density at radius 2 is 1.70 bits per heavy atom. The maximum atomic E-state index is 11.5. The van der Waals surface area contributed by atoms with Crippen LogP contribution in [-0.2, 0) is 19.1 Å².